The highest BCUT2D eigenvalue weighted by atomic mass is 19.1. The number of amides is 1. The van der Waals surface area contributed by atoms with Gasteiger partial charge in [0, 0.05) is 5.56 Å². The quantitative estimate of drug-likeness (QED) is 0.178. The number of hydrogen-bond donors (Lipinski definition) is 1. The first-order valence-electron chi connectivity index (χ1n) is 12.1. The second kappa shape index (κ2) is 11.8. The molecular formula is C32H25FN2O3. The molecule has 0 fully saturated rings. The van der Waals surface area contributed by atoms with Gasteiger partial charge in [0.25, 0.3) is 5.91 Å². The number of hydrazone groups is 1. The van der Waals surface area contributed by atoms with Crippen LogP contribution in [0.3, 0.4) is 0 Å². The van der Waals surface area contributed by atoms with Gasteiger partial charge in [-0.2, -0.15) is 5.10 Å². The number of halogens is 1. The predicted molar refractivity (Wildman–Crippen MR) is 148 cm³/mol. The van der Waals surface area contributed by atoms with Crippen molar-refractivity contribution in [3.05, 3.63) is 132 Å². The van der Waals surface area contributed by atoms with Crippen molar-refractivity contribution in [1.82, 2.24) is 5.43 Å². The van der Waals surface area contributed by atoms with Crippen LogP contribution in [-0.2, 0) is 11.4 Å². The molecule has 0 saturated heterocycles. The predicted octanol–water partition coefficient (Wildman–Crippen LogP) is 6.75. The van der Waals surface area contributed by atoms with Gasteiger partial charge in [0.1, 0.15) is 23.9 Å². The lowest BCUT2D eigenvalue weighted by atomic mass is 10.0. The average molecular weight is 505 g/mol. The summed E-state index contributed by atoms with van der Waals surface area (Å²) in [4.78, 5) is 12.4. The van der Waals surface area contributed by atoms with E-state index in [1.165, 1.54) is 12.1 Å². The first-order valence-corrected chi connectivity index (χ1v) is 12.1. The van der Waals surface area contributed by atoms with Gasteiger partial charge in [0.2, 0.25) is 0 Å². The third kappa shape index (κ3) is 6.23. The van der Waals surface area contributed by atoms with Crippen LogP contribution in [0.4, 0.5) is 4.39 Å². The molecule has 5 nitrogen and oxygen atoms in total. The van der Waals surface area contributed by atoms with Crippen LogP contribution in [-0.4, -0.2) is 18.7 Å². The fourth-order valence-corrected chi connectivity index (χ4v) is 4.00. The standard InChI is InChI=1S/C32H25FN2O3/c33-27-15-10-23(11-16-27)21-38-31-19-14-26-8-4-5-9-29(26)30(31)20-34-35-32(36)22-37-28-17-12-25(13-18-28)24-6-2-1-3-7-24/h1-20H,21-22H2,(H,35,36)/b34-20-. The van der Waals surface area contributed by atoms with Gasteiger partial charge in [-0.05, 0) is 57.8 Å². The number of rotatable bonds is 9. The Bertz CT molecular complexity index is 1550. The van der Waals surface area contributed by atoms with Crippen LogP contribution in [0.1, 0.15) is 11.1 Å². The Hall–Kier alpha value is -4.97. The molecule has 6 heteroatoms. The first-order chi connectivity index (χ1) is 18.7. The van der Waals surface area contributed by atoms with Crippen LogP contribution in [0.15, 0.2) is 120 Å². The highest BCUT2D eigenvalue weighted by Crippen LogP contribution is 2.27. The zero-order valence-corrected chi connectivity index (χ0v) is 20.5. The maximum atomic E-state index is 13.2. The SMILES string of the molecule is O=C(COc1ccc(-c2ccccc2)cc1)N/N=C\c1c(OCc2ccc(F)cc2)ccc2ccccc12. The van der Waals surface area contributed by atoms with E-state index in [9.17, 15) is 9.18 Å². The highest BCUT2D eigenvalue weighted by Gasteiger charge is 2.09. The summed E-state index contributed by atoms with van der Waals surface area (Å²) < 4.78 is 24.9. The third-order valence-corrected chi connectivity index (χ3v) is 5.95. The summed E-state index contributed by atoms with van der Waals surface area (Å²) in [6.45, 7) is 0.0915. The Balaban J connectivity index is 1.22. The van der Waals surface area contributed by atoms with E-state index in [2.05, 4.69) is 10.5 Å². The van der Waals surface area contributed by atoms with Crippen molar-refractivity contribution in [2.75, 3.05) is 6.61 Å². The summed E-state index contributed by atoms with van der Waals surface area (Å²) in [6.07, 6.45) is 1.56. The molecule has 0 heterocycles. The molecule has 0 aromatic heterocycles. The summed E-state index contributed by atoms with van der Waals surface area (Å²) in [7, 11) is 0. The number of nitrogens with zero attached hydrogens (tertiary/aromatic N) is 1. The molecule has 0 bridgehead atoms. The van der Waals surface area contributed by atoms with Gasteiger partial charge in [0.05, 0.1) is 6.21 Å². The van der Waals surface area contributed by atoms with Gasteiger partial charge in [-0.15, -0.1) is 0 Å². The van der Waals surface area contributed by atoms with Gasteiger partial charge in [-0.25, -0.2) is 9.82 Å². The Kier molecular flexibility index (Phi) is 7.70. The monoisotopic (exact) mass is 504 g/mol. The smallest absolute Gasteiger partial charge is 0.277 e. The minimum absolute atomic E-state index is 0.175. The van der Waals surface area contributed by atoms with Crippen molar-refractivity contribution in [3.63, 3.8) is 0 Å². The number of fused-ring (bicyclic) bond motifs is 1. The lowest BCUT2D eigenvalue weighted by Crippen LogP contribution is -2.24. The fourth-order valence-electron chi connectivity index (χ4n) is 4.00. The van der Waals surface area contributed by atoms with E-state index in [4.69, 9.17) is 9.47 Å². The van der Waals surface area contributed by atoms with E-state index in [1.54, 1.807) is 18.3 Å². The average Bonchev–Trinajstić information content (AvgIpc) is 2.97. The molecule has 1 amide bonds. The number of hydrogen-bond acceptors (Lipinski definition) is 4. The molecular weight excluding hydrogens is 479 g/mol. The van der Waals surface area contributed by atoms with E-state index < -0.39 is 0 Å². The number of carbonyl (C=O) groups excluding carboxylic acids is 1. The van der Waals surface area contributed by atoms with Crippen LogP contribution in [0.25, 0.3) is 21.9 Å². The minimum Gasteiger partial charge on any atom is -0.488 e. The van der Waals surface area contributed by atoms with Crippen LogP contribution in [0.2, 0.25) is 0 Å². The molecule has 0 radical (unpaired) electrons. The zero-order valence-electron chi connectivity index (χ0n) is 20.5. The summed E-state index contributed by atoms with van der Waals surface area (Å²) in [5, 5.41) is 6.09. The zero-order chi connectivity index (χ0) is 26.2. The molecule has 38 heavy (non-hydrogen) atoms. The number of carbonyl (C=O) groups is 1. The molecule has 5 aromatic carbocycles. The second-order valence-electron chi connectivity index (χ2n) is 8.59. The molecule has 0 aliphatic rings. The van der Waals surface area contributed by atoms with E-state index in [-0.39, 0.29) is 24.9 Å². The minimum atomic E-state index is -0.387. The van der Waals surface area contributed by atoms with Crippen molar-refractivity contribution >= 4 is 22.9 Å². The van der Waals surface area contributed by atoms with Crippen LogP contribution in [0.5, 0.6) is 11.5 Å². The lowest BCUT2D eigenvalue weighted by Gasteiger charge is -2.12. The Morgan fingerprint density at radius 1 is 0.763 bits per heavy atom. The second-order valence-corrected chi connectivity index (χ2v) is 8.59. The van der Waals surface area contributed by atoms with Crippen LogP contribution >= 0.6 is 0 Å². The summed E-state index contributed by atoms with van der Waals surface area (Å²) in [5.41, 5.74) is 6.26. The van der Waals surface area contributed by atoms with Crippen LogP contribution in [0, 0.1) is 5.82 Å². The molecule has 188 valence electrons. The van der Waals surface area contributed by atoms with Crippen molar-refractivity contribution in [3.8, 4) is 22.6 Å². The summed E-state index contributed by atoms with van der Waals surface area (Å²) in [6, 6.07) is 35.4. The third-order valence-electron chi connectivity index (χ3n) is 5.95. The number of benzene rings is 5. The van der Waals surface area contributed by atoms with Gasteiger partial charge >= 0.3 is 0 Å². The van der Waals surface area contributed by atoms with E-state index in [0.29, 0.717) is 11.5 Å². The molecule has 0 spiro atoms. The van der Waals surface area contributed by atoms with Crippen LogP contribution < -0.4 is 14.9 Å². The summed E-state index contributed by atoms with van der Waals surface area (Å²) >= 11 is 0. The van der Waals surface area contributed by atoms with Crippen molar-refractivity contribution in [1.29, 1.82) is 0 Å². The molecule has 0 aliphatic carbocycles. The molecule has 5 aromatic rings. The van der Waals surface area contributed by atoms with Crippen molar-refractivity contribution in [2.24, 2.45) is 5.10 Å². The van der Waals surface area contributed by atoms with E-state index in [1.807, 2.05) is 91.0 Å². The maximum absolute atomic E-state index is 13.2. The van der Waals surface area contributed by atoms with Gasteiger partial charge in [-0.3, -0.25) is 4.79 Å². The normalized spacial score (nSPS) is 11.0. The molecule has 1 N–H and O–H groups in total. The highest BCUT2D eigenvalue weighted by molar-refractivity contribution is 6.02. The molecule has 0 aliphatic heterocycles. The number of nitrogens with one attached hydrogen (secondary N) is 1. The van der Waals surface area contributed by atoms with E-state index >= 15 is 0 Å². The number of ether oxygens (including phenoxy) is 2. The molecule has 5 rings (SSSR count). The van der Waals surface area contributed by atoms with Gasteiger partial charge in [0.15, 0.2) is 6.61 Å². The largest absolute Gasteiger partial charge is 0.488 e. The molecule has 0 saturated carbocycles. The van der Waals surface area contributed by atoms with Crippen molar-refractivity contribution in [2.45, 2.75) is 6.61 Å². The topological polar surface area (TPSA) is 59.9 Å². The first kappa shape index (κ1) is 24.7. The Morgan fingerprint density at radius 2 is 1.47 bits per heavy atom. The summed E-state index contributed by atoms with van der Waals surface area (Å²) in [5.74, 6) is 0.508. The molecule has 0 atom stereocenters. The molecule has 0 unspecified atom stereocenters. The maximum Gasteiger partial charge on any atom is 0.277 e. The van der Waals surface area contributed by atoms with Crippen molar-refractivity contribution < 1.29 is 18.7 Å². The van der Waals surface area contributed by atoms with E-state index in [0.717, 1.165) is 33.0 Å². The Labute approximate surface area is 220 Å². The van der Waals surface area contributed by atoms with Gasteiger partial charge in [-0.1, -0.05) is 84.9 Å². The lowest BCUT2D eigenvalue weighted by molar-refractivity contribution is -0.123. The Morgan fingerprint density at radius 3 is 2.26 bits per heavy atom. The van der Waals surface area contributed by atoms with Gasteiger partial charge < -0.3 is 9.47 Å². The fraction of sp³-hybridized carbons (Fsp3) is 0.0625.